The first-order chi connectivity index (χ1) is 13.9. The summed E-state index contributed by atoms with van der Waals surface area (Å²) in [5.41, 5.74) is 2.15. The monoisotopic (exact) mass is 387 g/mol. The molecule has 144 valence electrons. The SMILES string of the molecule is CC(=O)n1c(/C=C2/C(=O)NC(=O)N(c3ccc(C)cc3)C2=O)cc2ccccc21. The molecule has 0 radical (unpaired) electrons. The lowest BCUT2D eigenvalue weighted by Crippen LogP contribution is -2.54. The van der Waals surface area contributed by atoms with E-state index in [1.807, 2.05) is 19.1 Å². The first-order valence-corrected chi connectivity index (χ1v) is 8.96. The van der Waals surface area contributed by atoms with Crippen LogP contribution < -0.4 is 10.2 Å². The molecule has 1 aliphatic heterocycles. The molecule has 7 heteroatoms. The van der Waals surface area contributed by atoms with Crippen LogP contribution in [0.4, 0.5) is 10.5 Å². The second kappa shape index (κ2) is 6.87. The van der Waals surface area contributed by atoms with Crippen molar-refractivity contribution in [3.8, 4) is 0 Å². The van der Waals surface area contributed by atoms with E-state index >= 15 is 0 Å². The number of urea groups is 1. The van der Waals surface area contributed by atoms with Crippen molar-refractivity contribution in [3.05, 3.63) is 71.4 Å². The highest BCUT2D eigenvalue weighted by Crippen LogP contribution is 2.25. The average Bonchev–Trinajstić information content (AvgIpc) is 3.04. The fraction of sp³-hybridized carbons (Fsp3) is 0.0909. The van der Waals surface area contributed by atoms with Crippen LogP contribution in [0.3, 0.4) is 0 Å². The van der Waals surface area contributed by atoms with Crippen molar-refractivity contribution in [2.75, 3.05) is 4.90 Å². The van der Waals surface area contributed by atoms with Gasteiger partial charge in [-0.2, -0.15) is 0 Å². The summed E-state index contributed by atoms with van der Waals surface area (Å²) < 4.78 is 1.43. The van der Waals surface area contributed by atoms with Crippen LogP contribution in [-0.2, 0) is 9.59 Å². The smallest absolute Gasteiger partial charge is 0.281 e. The number of rotatable bonds is 2. The molecule has 0 spiro atoms. The second-order valence-corrected chi connectivity index (χ2v) is 6.78. The number of carbonyl (C=O) groups is 4. The predicted octanol–water partition coefficient (Wildman–Crippen LogP) is 3.28. The fourth-order valence-corrected chi connectivity index (χ4v) is 3.37. The number of aryl methyl sites for hydroxylation is 1. The van der Waals surface area contributed by atoms with Crippen LogP contribution in [0.2, 0.25) is 0 Å². The molecule has 2 heterocycles. The van der Waals surface area contributed by atoms with E-state index in [0.29, 0.717) is 16.9 Å². The summed E-state index contributed by atoms with van der Waals surface area (Å²) >= 11 is 0. The number of anilines is 1. The van der Waals surface area contributed by atoms with Gasteiger partial charge in [0.05, 0.1) is 16.9 Å². The number of carbonyl (C=O) groups excluding carboxylic acids is 4. The normalized spacial score (nSPS) is 15.9. The maximum Gasteiger partial charge on any atom is 0.335 e. The number of aromatic nitrogens is 1. The lowest BCUT2D eigenvalue weighted by atomic mass is 10.1. The third-order valence-electron chi connectivity index (χ3n) is 4.74. The first kappa shape index (κ1) is 18.4. The van der Waals surface area contributed by atoms with Crippen molar-refractivity contribution < 1.29 is 19.2 Å². The van der Waals surface area contributed by atoms with Crippen molar-refractivity contribution in [3.63, 3.8) is 0 Å². The molecule has 0 aliphatic carbocycles. The van der Waals surface area contributed by atoms with Gasteiger partial charge in [0.2, 0.25) is 5.91 Å². The maximum atomic E-state index is 13.0. The number of imide groups is 2. The molecule has 0 unspecified atom stereocenters. The van der Waals surface area contributed by atoms with E-state index in [1.54, 1.807) is 42.5 Å². The number of nitrogens with zero attached hydrogens (tertiary/aromatic N) is 2. The molecule has 2 aromatic carbocycles. The van der Waals surface area contributed by atoms with Gasteiger partial charge in [0.1, 0.15) is 5.57 Å². The quantitative estimate of drug-likeness (QED) is 0.540. The molecule has 4 rings (SSSR count). The standard InChI is InChI=1S/C22H17N3O4/c1-13-7-9-16(10-8-13)25-21(28)18(20(27)23-22(25)29)12-17-11-15-5-3-4-6-19(15)24(17)14(2)26/h3-12H,1-2H3,(H,23,27,29)/b18-12-. The Morgan fingerprint density at radius 1 is 1.00 bits per heavy atom. The van der Waals surface area contributed by atoms with Crippen molar-refractivity contribution >= 4 is 46.4 Å². The van der Waals surface area contributed by atoms with Crippen molar-refractivity contribution in [1.29, 1.82) is 0 Å². The minimum atomic E-state index is -0.812. The lowest BCUT2D eigenvalue weighted by Gasteiger charge is -2.26. The summed E-state index contributed by atoms with van der Waals surface area (Å²) in [6.07, 6.45) is 1.34. The Bertz CT molecular complexity index is 1220. The van der Waals surface area contributed by atoms with Crippen LogP contribution >= 0.6 is 0 Å². The topological polar surface area (TPSA) is 88.5 Å². The summed E-state index contributed by atoms with van der Waals surface area (Å²) in [7, 11) is 0. The van der Waals surface area contributed by atoms with Gasteiger partial charge >= 0.3 is 6.03 Å². The highest BCUT2D eigenvalue weighted by Gasteiger charge is 2.37. The Balaban J connectivity index is 1.83. The zero-order valence-electron chi connectivity index (χ0n) is 15.8. The summed E-state index contributed by atoms with van der Waals surface area (Å²) in [4.78, 5) is 50.8. The predicted molar refractivity (Wildman–Crippen MR) is 108 cm³/mol. The van der Waals surface area contributed by atoms with Gasteiger partial charge in [-0.25, -0.2) is 9.69 Å². The third kappa shape index (κ3) is 3.12. The molecule has 1 fully saturated rings. The highest BCUT2D eigenvalue weighted by atomic mass is 16.2. The molecule has 1 aromatic heterocycles. The largest absolute Gasteiger partial charge is 0.335 e. The molecule has 1 saturated heterocycles. The van der Waals surface area contributed by atoms with Gasteiger partial charge < -0.3 is 0 Å². The second-order valence-electron chi connectivity index (χ2n) is 6.78. The summed E-state index contributed by atoms with van der Waals surface area (Å²) in [5.74, 6) is -1.81. The first-order valence-electron chi connectivity index (χ1n) is 8.96. The Hall–Kier alpha value is -4.00. The highest BCUT2D eigenvalue weighted by molar-refractivity contribution is 6.39. The number of barbiturate groups is 1. The van der Waals surface area contributed by atoms with Crippen molar-refractivity contribution in [2.24, 2.45) is 0 Å². The Morgan fingerprint density at radius 3 is 2.38 bits per heavy atom. The number of hydrogen-bond acceptors (Lipinski definition) is 4. The number of benzene rings is 2. The minimum Gasteiger partial charge on any atom is -0.281 e. The van der Waals surface area contributed by atoms with Gasteiger partial charge in [-0.15, -0.1) is 0 Å². The molecule has 0 bridgehead atoms. The maximum absolute atomic E-state index is 13.0. The minimum absolute atomic E-state index is 0.226. The van der Waals surface area contributed by atoms with E-state index in [4.69, 9.17) is 0 Å². The lowest BCUT2D eigenvalue weighted by molar-refractivity contribution is -0.122. The van der Waals surface area contributed by atoms with E-state index in [9.17, 15) is 19.2 Å². The van der Waals surface area contributed by atoms with Crippen LogP contribution in [0.25, 0.3) is 17.0 Å². The number of para-hydroxylation sites is 1. The summed E-state index contributed by atoms with van der Waals surface area (Å²) in [6, 6.07) is 15.0. The van der Waals surface area contributed by atoms with Gasteiger partial charge in [-0.3, -0.25) is 24.3 Å². The van der Waals surface area contributed by atoms with E-state index in [0.717, 1.165) is 15.8 Å². The van der Waals surface area contributed by atoms with Gasteiger partial charge in [-0.1, -0.05) is 35.9 Å². The summed E-state index contributed by atoms with van der Waals surface area (Å²) in [5, 5.41) is 2.99. The van der Waals surface area contributed by atoms with Crippen LogP contribution in [-0.4, -0.2) is 28.3 Å². The number of fused-ring (bicyclic) bond motifs is 1. The summed E-state index contributed by atoms with van der Waals surface area (Å²) in [6.45, 7) is 3.29. The molecule has 1 N–H and O–H groups in total. The molecule has 3 aromatic rings. The Kier molecular flexibility index (Phi) is 4.35. The van der Waals surface area contributed by atoms with E-state index < -0.39 is 17.8 Å². The molecule has 7 nitrogen and oxygen atoms in total. The fourth-order valence-electron chi connectivity index (χ4n) is 3.37. The van der Waals surface area contributed by atoms with Gasteiger partial charge in [-0.05, 0) is 37.3 Å². The van der Waals surface area contributed by atoms with Crippen LogP contribution in [0.15, 0.2) is 60.2 Å². The van der Waals surface area contributed by atoms with Crippen LogP contribution in [0.1, 0.15) is 23.0 Å². The van der Waals surface area contributed by atoms with Gasteiger partial charge in [0.25, 0.3) is 11.8 Å². The van der Waals surface area contributed by atoms with Gasteiger partial charge in [0, 0.05) is 12.3 Å². The zero-order chi connectivity index (χ0) is 20.7. The molecule has 29 heavy (non-hydrogen) atoms. The zero-order valence-corrected chi connectivity index (χ0v) is 15.8. The van der Waals surface area contributed by atoms with Crippen LogP contribution in [0, 0.1) is 6.92 Å². The van der Waals surface area contributed by atoms with E-state index in [2.05, 4.69) is 5.32 Å². The van der Waals surface area contributed by atoms with E-state index in [-0.39, 0.29) is 11.5 Å². The molecule has 1 aliphatic rings. The average molecular weight is 387 g/mol. The number of hydrogen-bond donors (Lipinski definition) is 1. The number of amides is 4. The Morgan fingerprint density at radius 2 is 1.69 bits per heavy atom. The molecular weight excluding hydrogens is 370 g/mol. The van der Waals surface area contributed by atoms with E-state index in [1.165, 1.54) is 17.6 Å². The number of nitrogens with one attached hydrogen (secondary N) is 1. The van der Waals surface area contributed by atoms with Crippen LogP contribution in [0.5, 0.6) is 0 Å². The molecule has 4 amide bonds. The molecule has 0 saturated carbocycles. The van der Waals surface area contributed by atoms with Gasteiger partial charge in [0.15, 0.2) is 0 Å². The van der Waals surface area contributed by atoms with Crippen molar-refractivity contribution in [2.45, 2.75) is 13.8 Å². The molecule has 0 atom stereocenters. The Labute approximate surface area is 166 Å². The molecular formula is C22H17N3O4. The van der Waals surface area contributed by atoms with Crippen molar-refractivity contribution in [1.82, 2.24) is 9.88 Å². The third-order valence-corrected chi connectivity index (χ3v) is 4.74.